The van der Waals surface area contributed by atoms with E-state index in [1.54, 1.807) is 18.2 Å². The molecule has 118 valence electrons. The van der Waals surface area contributed by atoms with E-state index in [2.05, 4.69) is 25.9 Å². The van der Waals surface area contributed by atoms with E-state index in [1.165, 1.54) is 16.8 Å². The molecule has 1 N–H and O–H groups in total. The Morgan fingerprint density at radius 2 is 2.22 bits per heavy atom. The van der Waals surface area contributed by atoms with Crippen molar-refractivity contribution in [3.05, 3.63) is 46.7 Å². The predicted molar refractivity (Wildman–Crippen MR) is 80.7 cm³/mol. The Morgan fingerprint density at radius 1 is 1.30 bits per heavy atom. The fourth-order valence-corrected chi connectivity index (χ4v) is 2.79. The Bertz CT molecular complexity index is 856. The van der Waals surface area contributed by atoms with Crippen molar-refractivity contribution < 1.29 is 9.13 Å². The van der Waals surface area contributed by atoms with Crippen LogP contribution >= 0.6 is 11.6 Å². The van der Waals surface area contributed by atoms with Crippen molar-refractivity contribution in [3.63, 3.8) is 0 Å². The standard InChI is InChI=1S/C14H12ClFN6O/c15-9-2-1-8(7-10(9)16)14-11(5-6-23-14)17-12-3-4-13-18-20-21-22(13)19-12/h1-4,7,11,14H,5-6H2,(H,17,19)/t11-,14-/m1/s1. The first kappa shape index (κ1) is 14.3. The van der Waals surface area contributed by atoms with Gasteiger partial charge >= 0.3 is 0 Å². The zero-order chi connectivity index (χ0) is 15.8. The van der Waals surface area contributed by atoms with Crippen LogP contribution in [0.15, 0.2) is 30.3 Å². The van der Waals surface area contributed by atoms with Gasteiger partial charge in [0, 0.05) is 6.61 Å². The van der Waals surface area contributed by atoms with Gasteiger partial charge in [-0.15, -0.1) is 14.8 Å². The number of anilines is 1. The largest absolute Gasteiger partial charge is 0.371 e. The van der Waals surface area contributed by atoms with Gasteiger partial charge in [0.2, 0.25) is 0 Å². The van der Waals surface area contributed by atoms with Crippen molar-refractivity contribution in [2.24, 2.45) is 0 Å². The molecule has 1 aliphatic rings. The maximum atomic E-state index is 13.7. The zero-order valence-electron chi connectivity index (χ0n) is 11.9. The topological polar surface area (TPSA) is 77.2 Å². The third-order valence-corrected chi connectivity index (χ3v) is 4.07. The smallest absolute Gasteiger partial charge is 0.200 e. The van der Waals surface area contributed by atoms with Crippen LogP contribution in [-0.4, -0.2) is 37.9 Å². The van der Waals surface area contributed by atoms with Crippen LogP contribution in [0.4, 0.5) is 10.2 Å². The van der Waals surface area contributed by atoms with Gasteiger partial charge in [0.25, 0.3) is 0 Å². The van der Waals surface area contributed by atoms with Crippen molar-refractivity contribution in [3.8, 4) is 0 Å². The van der Waals surface area contributed by atoms with E-state index in [1.807, 2.05) is 0 Å². The van der Waals surface area contributed by atoms with E-state index in [4.69, 9.17) is 16.3 Å². The Morgan fingerprint density at radius 3 is 3.09 bits per heavy atom. The number of hydrogen-bond donors (Lipinski definition) is 1. The number of ether oxygens (including phenoxy) is 1. The third kappa shape index (κ3) is 2.71. The summed E-state index contributed by atoms with van der Waals surface area (Å²) >= 11 is 5.74. The lowest BCUT2D eigenvalue weighted by atomic mass is 10.0. The third-order valence-electron chi connectivity index (χ3n) is 3.77. The molecule has 0 bridgehead atoms. The number of halogens is 2. The average molecular weight is 335 g/mol. The number of fused-ring (bicyclic) bond motifs is 1. The van der Waals surface area contributed by atoms with Crippen LogP contribution in [0.25, 0.3) is 5.65 Å². The second-order valence-electron chi connectivity index (χ2n) is 5.25. The van der Waals surface area contributed by atoms with Crippen LogP contribution in [0.2, 0.25) is 5.02 Å². The SMILES string of the molecule is Fc1cc([C@H]2OCC[C@H]2Nc2ccc3nnnn3n2)ccc1Cl. The molecule has 1 fully saturated rings. The summed E-state index contributed by atoms with van der Waals surface area (Å²) in [5, 5.41) is 18.8. The monoisotopic (exact) mass is 334 g/mol. The van der Waals surface area contributed by atoms with Gasteiger partial charge in [-0.25, -0.2) is 4.39 Å². The molecule has 9 heteroatoms. The van der Waals surface area contributed by atoms with Crippen LogP contribution in [0.5, 0.6) is 0 Å². The second-order valence-corrected chi connectivity index (χ2v) is 5.66. The number of nitrogens with one attached hydrogen (secondary N) is 1. The normalized spacial score (nSPS) is 21.0. The lowest BCUT2D eigenvalue weighted by molar-refractivity contribution is 0.107. The highest BCUT2D eigenvalue weighted by Crippen LogP contribution is 2.32. The lowest BCUT2D eigenvalue weighted by Crippen LogP contribution is -2.24. The molecule has 3 aromatic rings. The van der Waals surface area contributed by atoms with Gasteiger partial charge in [0.15, 0.2) is 5.65 Å². The van der Waals surface area contributed by atoms with Gasteiger partial charge in [0.1, 0.15) is 17.7 Å². The lowest BCUT2D eigenvalue weighted by Gasteiger charge is -2.20. The summed E-state index contributed by atoms with van der Waals surface area (Å²) < 4.78 is 20.8. The van der Waals surface area contributed by atoms with Gasteiger partial charge in [-0.1, -0.05) is 17.7 Å². The minimum atomic E-state index is -0.452. The first-order chi connectivity index (χ1) is 11.2. The molecule has 1 aliphatic heterocycles. The van der Waals surface area contributed by atoms with Gasteiger partial charge in [-0.05, 0) is 46.7 Å². The number of rotatable bonds is 3. The van der Waals surface area contributed by atoms with E-state index in [-0.39, 0.29) is 17.2 Å². The van der Waals surface area contributed by atoms with Crippen LogP contribution in [0.1, 0.15) is 18.1 Å². The minimum absolute atomic E-state index is 0.0305. The Balaban J connectivity index is 1.58. The van der Waals surface area contributed by atoms with Crippen LogP contribution < -0.4 is 5.32 Å². The van der Waals surface area contributed by atoms with E-state index >= 15 is 0 Å². The summed E-state index contributed by atoms with van der Waals surface area (Å²) in [6.45, 7) is 0.583. The molecule has 0 unspecified atom stereocenters. The zero-order valence-corrected chi connectivity index (χ0v) is 12.6. The van der Waals surface area contributed by atoms with Crippen molar-refractivity contribution in [1.82, 2.24) is 25.3 Å². The maximum absolute atomic E-state index is 13.7. The molecule has 2 aromatic heterocycles. The first-order valence-electron chi connectivity index (χ1n) is 7.09. The Kier molecular flexibility index (Phi) is 3.55. The molecule has 0 amide bonds. The number of tetrazole rings is 1. The summed E-state index contributed by atoms with van der Waals surface area (Å²) in [6, 6.07) is 8.25. The molecule has 0 spiro atoms. The number of benzene rings is 1. The van der Waals surface area contributed by atoms with Gasteiger partial charge in [0.05, 0.1) is 11.1 Å². The quantitative estimate of drug-likeness (QED) is 0.791. The molecule has 1 saturated heterocycles. The number of nitrogens with zero attached hydrogens (tertiary/aromatic N) is 5. The molecule has 1 aromatic carbocycles. The van der Waals surface area contributed by atoms with E-state index in [0.717, 1.165) is 12.0 Å². The van der Waals surface area contributed by atoms with Crippen molar-refractivity contribution in [1.29, 1.82) is 0 Å². The Labute approximate surface area is 135 Å². The molecular weight excluding hydrogens is 323 g/mol. The summed E-state index contributed by atoms with van der Waals surface area (Å²) in [5.74, 6) is 0.173. The van der Waals surface area contributed by atoms with Crippen molar-refractivity contribution >= 4 is 23.1 Å². The van der Waals surface area contributed by atoms with Crippen molar-refractivity contribution in [2.75, 3.05) is 11.9 Å². The molecule has 0 saturated carbocycles. The van der Waals surface area contributed by atoms with E-state index in [9.17, 15) is 4.39 Å². The van der Waals surface area contributed by atoms with Gasteiger partial charge in [-0.2, -0.15) is 0 Å². The summed E-state index contributed by atoms with van der Waals surface area (Å²) in [7, 11) is 0. The molecular formula is C14H12ClFN6O. The van der Waals surface area contributed by atoms with Gasteiger partial charge in [-0.3, -0.25) is 0 Å². The van der Waals surface area contributed by atoms with Gasteiger partial charge < -0.3 is 10.1 Å². The predicted octanol–water partition coefficient (Wildman–Crippen LogP) is 2.25. The number of hydrogen-bond acceptors (Lipinski definition) is 6. The first-order valence-corrected chi connectivity index (χ1v) is 7.47. The average Bonchev–Trinajstić information content (AvgIpc) is 3.19. The highest BCUT2D eigenvalue weighted by Gasteiger charge is 2.30. The molecule has 23 heavy (non-hydrogen) atoms. The second kappa shape index (κ2) is 5.71. The van der Waals surface area contributed by atoms with E-state index in [0.29, 0.717) is 18.1 Å². The van der Waals surface area contributed by atoms with Crippen LogP contribution in [0, 0.1) is 5.82 Å². The maximum Gasteiger partial charge on any atom is 0.200 e. The fraction of sp³-hybridized carbons (Fsp3) is 0.286. The molecule has 7 nitrogen and oxygen atoms in total. The van der Waals surface area contributed by atoms with Crippen LogP contribution in [0.3, 0.4) is 0 Å². The molecule has 0 radical (unpaired) electrons. The molecule has 3 heterocycles. The summed E-state index contributed by atoms with van der Waals surface area (Å²) in [4.78, 5) is 0. The Hall–Kier alpha value is -2.32. The number of aromatic nitrogens is 5. The van der Waals surface area contributed by atoms with Crippen molar-refractivity contribution in [2.45, 2.75) is 18.6 Å². The highest BCUT2D eigenvalue weighted by molar-refractivity contribution is 6.30. The minimum Gasteiger partial charge on any atom is -0.371 e. The van der Waals surface area contributed by atoms with Crippen LogP contribution in [-0.2, 0) is 4.74 Å². The fourth-order valence-electron chi connectivity index (χ4n) is 2.67. The summed E-state index contributed by atoms with van der Waals surface area (Å²) in [6.07, 6.45) is 0.512. The molecule has 0 aliphatic carbocycles. The molecule has 2 atom stereocenters. The summed E-state index contributed by atoms with van der Waals surface area (Å²) in [5.41, 5.74) is 1.31. The molecule has 4 rings (SSSR count). The van der Waals surface area contributed by atoms with E-state index < -0.39 is 5.82 Å². The highest BCUT2D eigenvalue weighted by atomic mass is 35.5.